The number of hydrogen-bond donors (Lipinski definition) is 0. The van der Waals surface area contributed by atoms with E-state index in [9.17, 15) is 4.79 Å². The van der Waals surface area contributed by atoms with Crippen LogP contribution in [0.25, 0.3) is 0 Å². The van der Waals surface area contributed by atoms with Gasteiger partial charge in [0.1, 0.15) is 0 Å². The molecule has 0 N–H and O–H groups in total. The summed E-state index contributed by atoms with van der Waals surface area (Å²) in [4.78, 5) is 9.64. The molecule has 0 atom stereocenters. The normalized spacial score (nSPS) is 12.4. The van der Waals surface area contributed by atoms with E-state index in [2.05, 4.69) is 0 Å². The monoisotopic (exact) mass is 111 g/mol. The maximum atomic E-state index is 9.64. The molecule has 0 saturated carbocycles. The van der Waals surface area contributed by atoms with E-state index < -0.39 is 0 Å². The third-order valence-corrected chi connectivity index (χ3v) is 0.651. The highest BCUT2D eigenvalue weighted by Gasteiger charge is 2.01. The van der Waals surface area contributed by atoms with E-state index in [1.54, 1.807) is 6.29 Å². The van der Waals surface area contributed by atoms with Crippen LogP contribution in [0.3, 0.4) is 0 Å². The minimum absolute atomic E-state index is 0.109. The van der Waals surface area contributed by atoms with E-state index in [1.165, 1.54) is 6.08 Å². The van der Waals surface area contributed by atoms with E-state index in [0.717, 1.165) is 0 Å². The Morgan fingerprint density at radius 1 is 1.38 bits per heavy atom. The first-order valence-corrected chi connectivity index (χ1v) is 2.61. The van der Waals surface area contributed by atoms with Crippen molar-refractivity contribution in [3.05, 3.63) is 12.2 Å². The van der Waals surface area contributed by atoms with Crippen molar-refractivity contribution in [2.75, 3.05) is 0 Å². The molecule has 0 fully saturated rings. The van der Waals surface area contributed by atoms with Gasteiger partial charge >= 0.3 is 0 Å². The van der Waals surface area contributed by atoms with Crippen molar-refractivity contribution in [2.24, 2.45) is 5.41 Å². The van der Waals surface area contributed by atoms with Gasteiger partial charge in [0.25, 0.3) is 0 Å². The summed E-state index contributed by atoms with van der Waals surface area (Å²) in [6.45, 7) is 6.09. The average molecular weight is 111 g/mol. The van der Waals surface area contributed by atoms with E-state index in [1.807, 2.05) is 26.8 Å². The van der Waals surface area contributed by atoms with E-state index in [0.29, 0.717) is 0 Å². The standard InChI is InChI=1S/C7H11O/c1-7(2,3)5-4-6-8/h4-5H,1-3H3/b5-4+. The lowest BCUT2D eigenvalue weighted by Gasteiger charge is -2.09. The summed E-state index contributed by atoms with van der Waals surface area (Å²) in [6, 6.07) is 0. The molecule has 0 aliphatic heterocycles. The van der Waals surface area contributed by atoms with Gasteiger partial charge in [-0.2, -0.15) is 0 Å². The second-order valence-electron chi connectivity index (χ2n) is 2.82. The number of carbonyl (C=O) groups excluding carboxylic acids is 1. The van der Waals surface area contributed by atoms with Gasteiger partial charge in [0.15, 0.2) is 0 Å². The average Bonchev–Trinajstić information content (AvgIpc) is 1.59. The van der Waals surface area contributed by atoms with Gasteiger partial charge in [-0.25, -0.2) is 0 Å². The minimum atomic E-state index is 0.109. The van der Waals surface area contributed by atoms with Gasteiger partial charge in [0.2, 0.25) is 6.29 Å². The second kappa shape index (κ2) is 2.65. The Morgan fingerprint density at radius 3 is 2.00 bits per heavy atom. The Morgan fingerprint density at radius 2 is 1.88 bits per heavy atom. The first-order valence-electron chi connectivity index (χ1n) is 2.61. The SMILES string of the molecule is CC(C)(C)/C=C/[C]=O. The number of allylic oxidation sites excluding steroid dienone is 2. The molecule has 0 saturated heterocycles. The molecule has 0 aromatic rings. The van der Waals surface area contributed by atoms with Crippen molar-refractivity contribution < 1.29 is 4.79 Å². The second-order valence-corrected chi connectivity index (χ2v) is 2.82. The van der Waals surface area contributed by atoms with Gasteiger partial charge in [0.05, 0.1) is 0 Å². The fraction of sp³-hybridized carbons (Fsp3) is 0.571. The van der Waals surface area contributed by atoms with Gasteiger partial charge < -0.3 is 0 Å². The van der Waals surface area contributed by atoms with Gasteiger partial charge in [-0.1, -0.05) is 26.8 Å². The molecule has 0 aliphatic rings. The largest absolute Gasteiger partial charge is 0.286 e. The summed E-state index contributed by atoms with van der Waals surface area (Å²) in [5, 5.41) is 0. The molecule has 1 radical (unpaired) electrons. The summed E-state index contributed by atoms with van der Waals surface area (Å²) in [7, 11) is 0. The number of rotatable bonds is 1. The summed E-state index contributed by atoms with van der Waals surface area (Å²) < 4.78 is 0. The predicted octanol–water partition coefficient (Wildman–Crippen LogP) is 1.70. The zero-order valence-electron chi connectivity index (χ0n) is 5.56. The van der Waals surface area contributed by atoms with E-state index in [-0.39, 0.29) is 5.41 Å². The highest BCUT2D eigenvalue weighted by atomic mass is 16.1. The first kappa shape index (κ1) is 7.41. The lowest BCUT2D eigenvalue weighted by Crippen LogP contribution is -1.97. The highest BCUT2D eigenvalue weighted by molar-refractivity contribution is 5.65. The molecule has 0 bridgehead atoms. The quantitative estimate of drug-likeness (QED) is 0.471. The Labute approximate surface area is 50.4 Å². The van der Waals surface area contributed by atoms with Crippen LogP contribution in [0.5, 0.6) is 0 Å². The Bertz CT molecular complexity index is 95.4. The summed E-state index contributed by atoms with van der Waals surface area (Å²) in [5.41, 5.74) is 0.109. The lowest BCUT2D eigenvalue weighted by atomic mass is 9.97. The summed E-state index contributed by atoms with van der Waals surface area (Å²) in [5.74, 6) is 0. The summed E-state index contributed by atoms with van der Waals surface area (Å²) in [6.07, 6.45) is 4.92. The molecule has 45 valence electrons. The lowest BCUT2D eigenvalue weighted by molar-refractivity contribution is 0.540. The summed E-state index contributed by atoms with van der Waals surface area (Å²) >= 11 is 0. The van der Waals surface area contributed by atoms with Crippen molar-refractivity contribution >= 4 is 6.29 Å². The van der Waals surface area contributed by atoms with Crippen LogP contribution in [0.15, 0.2) is 12.2 Å². The Balaban J connectivity index is 3.69. The van der Waals surface area contributed by atoms with E-state index >= 15 is 0 Å². The number of hydrogen-bond acceptors (Lipinski definition) is 1. The molecule has 0 aromatic carbocycles. The molecule has 0 amide bonds. The minimum Gasteiger partial charge on any atom is -0.286 e. The van der Waals surface area contributed by atoms with Gasteiger partial charge in [-0.05, 0) is 11.5 Å². The van der Waals surface area contributed by atoms with Gasteiger partial charge in [0, 0.05) is 0 Å². The van der Waals surface area contributed by atoms with Gasteiger partial charge in [-0.3, -0.25) is 4.79 Å². The topological polar surface area (TPSA) is 17.1 Å². The van der Waals surface area contributed by atoms with Crippen LogP contribution in [0, 0.1) is 5.41 Å². The van der Waals surface area contributed by atoms with Crippen LogP contribution in [-0.2, 0) is 4.79 Å². The van der Waals surface area contributed by atoms with Crippen LogP contribution >= 0.6 is 0 Å². The zero-order valence-corrected chi connectivity index (χ0v) is 5.56. The fourth-order valence-corrected chi connectivity index (χ4v) is 0.284. The van der Waals surface area contributed by atoms with Crippen LogP contribution in [0.4, 0.5) is 0 Å². The molecule has 0 heterocycles. The first-order chi connectivity index (χ1) is 3.56. The van der Waals surface area contributed by atoms with Crippen LogP contribution in [-0.4, -0.2) is 6.29 Å². The molecule has 0 spiro atoms. The van der Waals surface area contributed by atoms with Crippen molar-refractivity contribution in [3.63, 3.8) is 0 Å². The smallest absolute Gasteiger partial charge is 0.225 e. The third-order valence-electron chi connectivity index (χ3n) is 0.651. The van der Waals surface area contributed by atoms with Crippen LogP contribution in [0.1, 0.15) is 20.8 Å². The molecule has 1 nitrogen and oxygen atoms in total. The molecule has 0 unspecified atom stereocenters. The fourth-order valence-electron chi connectivity index (χ4n) is 0.284. The van der Waals surface area contributed by atoms with Crippen molar-refractivity contribution in [1.29, 1.82) is 0 Å². The van der Waals surface area contributed by atoms with E-state index in [4.69, 9.17) is 0 Å². The van der Waals surface area contributed by atoms with Gasteiger partial charge in [-0.15, -0.1) is 0 Å². The van der Waals surface area contributed by atoms with Crippen molar-refractivity contribution in [2.45, 2.75) is 20.8 Å². The van der Waals surface area contributed by atoms with Crippen LogP contribution in [0.2, 0.25) is 0 Å². The third kappa shape index (κ3) is 5.41. The van der Waals surface area contributed by atoms with Crippen molar-refractivity contribution in [3.8, 4) is 0 Å². The zero-order chi connectivity index (χ0) is 6.62. The molecule has 0 rings (SSSR count). The Kier molecular flexibility index (Phi) is 2.46. The van der Waals surface area contributed by atoms with Crippen molar-refractivity contribution in [1.82, 2.24) is 0 Å². The molecule has 1 heteroatoms. The highest BCUT2D eigenvalue weighted by Crippen LogP contribution is 2.13. The molecular weight excluding hydrogens is 100 g/mol. The van der Waals surface area contributed by atoms with Crippen LogP contribution < -0.4 is 0 Å². The molecule has 8 heavy (non-hydrogen) atoms. The molecule has 0 aromatic heterocycles. The Hall–Kier alpha value is -0.590. The molecular formula is C7H11O. The molecule has 0 aliphatic carbocycles. The maximum Gasteiger partial charge on any atom is 0.225 e. The maximum absolute atomic E-state index is 9.64. The predicted molar refractivity (Wildman–Crippen MR) is 34.3 cm³/mol.